The third-order valence-corrected chi connectivity index (χ3v) is 5.42. The second kappa shape index (κ2) is 8.91. The lowest BCUT2D eigenvalue weighted by Gasteiger charge is -2.04. The molecule has 0 saturated carbocycles. The first kappa shape index (κ1) is 19.8. The number of halogens is 1. The molecule has 0 radical (unpaired) electrons. The van der Waals surface area contributed by atoms with Crippen LogP contribution in [0.4, 0.5) is 4.39 Å². The van der Waals surface area contributed by atoms with Crippen molar-refractivity contribution in [3.63, 3.8) is 0 Å². The fourth-order valence-electron chi connectivity index (χ4n) is 2.85. The quantitative estimate of drug-likeness (QED) is 0.462. The molecular formula is C21H18FN5O2S. The van der Waals surface area contributed by atoms with E-state index >= 15 is 0 Å². The van der Waals surface area contributed by atoms with Crippen molar-refractivity contribution in [2.24, 2.45) is 0 Å². The van der Waals surface area contributed by atoms with Gasteiger partial charge in [0.05, 0.1) is 0 Å². The zero-order chi connectivity index (χ0) is 20.9. The summed E-state index contributed by atoms with van der Waals surface area (Å²) in [6.07, 6.45) is 3.08. The smallest absolute Gasteiger partial charge is 0.350 e. The van der Waals surface area contributed by atoms with E-state index in [1.807, 2.05) is 30.3 Å². The average molecular weight is 423 g/mol. The third-order valence-electron chi connectivity index (χ3n) is 4.38. The van der Waals surface area contributed by atoms with Crippen LogP contribution < -0.4 is 11.0 Å². The Hall–Kier alpha value is -3.46. The summed E-state index contributed by atoms with van der Waals surface area (Å²) in [6, 6.07) is 15.8. The van der Waals surface area contributed by atoms with Gasteiger partial charge in [-0.2, -0.15) is 0 Å². The predicted octanol–water partition coefficient (Wildman–Crippen LogP) is 2.64. The van der Waals surface area contributed by atoms with Gasteiger partial charge in [0.25, 0.3) is 0 Å². The van der Waals surface area contributed by atoms with Gasteiger partial charge in [-0.05, 0) is 23.3 Å². The molecule has 0 saturated heterocycles. The molecule has 0 unspecified atom stereocenters. The fourth-order valence-corrected chi connectivity index (χ4v) is 3.75. The maximum atomic E-state index is 13.0. The standard InChI is InChI=1S/C21H18FN5O2S/c22-17-8-6-15(7-9-17)12-24-18(28)13-27-21(29)26-11-10-23-20(19(26)25-27)30-14-16-4-2-1-3-5-16/h1-11H,12-14H2,(H,24,28). The Bertz CT molecular complexity index is 1220. The molecule has 0 atom stereocenters. The summed E-state index contributed by atoms with van der Waals surface area (Å²) in [6.45, 7) is 0.0193. The Balaban J connectivity index is 1.46. The van der Waals surface area contributed by atoms with E-state index in [1.54, 1.807) is 18.3 Å². The van der Waals surface area contributed by atoms with Crippen LogP contribution in [0.25, 0.3) is 5.65 Å². The van der Waals surface area contributed by atoms with Gasteiger partial charge < -0.3 is 5.32 Å². The van der Waals surface area contributed by atoms with Crippen molar-refractivity contribution in [2.45, 2.75) is 23.9 Å². The molecule has 4 aromatic rings. The normalized spacial score (nSPS) is 11.0. The second-order valence-electron chi connectivity index (χ2n) is 6.54. The number of carbonyl (C=O) groups is 1. The number of hydrogen-bond acceptors (Lipinski definition) is 5. The van der Waals surface area contributed by atoms with Crippen LogP contribution in [0, 0.1) is 5.82 Å². The highest BCUT2D eigenvalue weighted by Gasteiger charge is 2.14. The molecule has 2 aromatic carbocycles. The molecule has 1 N–H and O–H groups in total. The molecule has 4 rings (SSSR count). The Morgan fingerprint density at radius 1 is 1.07 bits per heavy atom. The lowest BCUT2D eigenvalue weighted by Crippen LogP contribution is -2.32. The van der Waals surface area contributed by atoms with Gasteiger partial charge in [-0.15, -0.1) is 5.10 Å². The first-order valence-electron chi connectivity index (χ1n) is 9.22. The molecule has 0 bridgehead atoms. The van der Waals surface area contributed by atoms with E-state index in [-0.39, 0.29) is 24.8 Å². The van der Waals surface area contributed by atoms with E-state index in [0.717, 1.165) is 15.8 Å². The zero-order valence-corrected chi connectivity index (χ0v) is 16.7. The van der Waals surface area contributed by atoms with Crippen molar-refractivity contribution in [1.29, 1.82) is 0 Å². The van der Waals surface area contributed by atoms with Gasteiger partial charge in [-0.1, -0.05) is 54.2 Å². The number of nitrogens with zero attached hydrogens (tertiary/aromatic N) is 4. The van der Waals surface area contributed by atoms with E-state index < -0.39 is 5.69 Å². The lowest BCUT2D eigenvalue weighted by atomic mass is 10.2. The van der Waals surface area contributed by atoms with E-state index in [0.29, 0.717) is 16.4 Å². The first-order valence-corrected chi connectivity index (χ1v) is 10.2. The molecule has 0 aliphatic rings. The number of amides is 1. The van der Waals surface area contributed by atoms with Crippen LogP contribution in [-0.4, -0.2) is 25.1 Å². The Morgan fingerprint density at radius 2 is 1.83 bits per heavy atom. The van der Waals surface area contributed by atoms with Crippen LogP contribution >= 0.6 is 11.8 Å². The summed E-state index contributed by atoms with van der Waals surface area (Å²) in [5, 5.41) is 7.63. The Kier molecular flexibility index (Phi) is 5.89. The summed E-state index contributed by atoms with van der Waals surface area (Å²) in [4.78, 5) is 29.2. The molecule has 9 heteroatoms. The van der Waals surface area contributed by atoms with Crippen molar-refractivity contribution in [2.75, 3.05) is 0 Å². The number of thioether (sulfide) groups is 1. The molecule has 30 heavy (non-hydrogen) atoms. The first-order chi connectivity index (χ1) is 14.6. The third kappa shape index (κ3) is 4.57. The number of rotatable bonds is 7. The maximum absolute atomic E-state index is 13.0. The Labute approximate surface area is 175 Å². The summed E-state index contributed by atoms with van der Waals surface area (Å²) in [7, 11) is 0. The molecule has 0 aliphatic heterocycles. The van der Waals surface area contributed by atoms with Crippen molar-refractivity contribution in [1.82, 2.24) is 24.5 Å². The zero-order valence-electron chi connectivity index (χ0n) is 15.9. The number of carbonyl (C=O) groups excluding carboxylic acids is 1. The summed E-state index contributed by atoms with van der Waals surface area (Å²) < 4.78 is 15.5. The predicted molar refractivity (Wildman–Crippen MR) is 111 cm³/mol. The Morgan fingerprint density at radius 3 is 2.60 bits per heavy atom. The average Bonchev–Trinajstić information content (AvgIpc) is 3.08. The van der Waals surface area contributed by atoms with Gasteiger partial charge in [0.2, 0.25) is 5.91 Å². The van der Waals surface area contributed by atoms with Crippen LogP contribution in [0.5, 0.6) is 0 Å². The topological polar surface area (TPSA) is 81.3 Å². The minimum Gasteiger partial charge on any atom is -0.350 e. The molecule has 2 aromatic heterocycles. The van der Waals surface area contributed by atoms with E-state index in [2.05, 4.69) is 15.4 Å². The van der Waals surface area contributed by atoms with E-state index in [9.17, 15) is 14.0 Å². The highest BCUT2D eigenvalue weighted by molar-refractivity contribution is 7.98. The number of aromatic nitrogens is 4. The van der Waals surface area contributed by atoms with Crippen molar-refractivity contribution in [3.8, 4) is 0 Å². The summed E-state index contributed by atoms with van der Waals surface area (Å²) >= 11 is 1.47. The molecule has 152 valence electrons. The number of nitrogens with one attached hydrogen (secondary N) is 1. The maximum Gasteiger partial charge on any atom is 0.350 e. The number of hydrogen-bond donors (Lipinski definition) is 1. The SMILES string of the molecule is O=C(Cn1nc2c(SCc3ccccc3)nccn2c1=O)NCc1ccc(F)cc1. The van der Waals surface area contributed by atoms with Crippen molar-refractivity contribution in [3.05, 3.63) is 94.4 Å². The van der Waals surface area contributed by atoms with Crippen LogP contribution in [0.1, 0.15) is 11.1 Å². The van der Waals surface area contributed by atoms with E-state index in [4.69, 9.17) is 0 Å². The molecule has 0 fully saturated rings. The van der Waals surface area contributed by atoms with Gasteiger partial charge in [0, 0.05) is 24.7 Å². The van der Waals surface area contributed by atoms with Gasteiger partial charge >= 0.3 is 5.69 Å². The minimum atomic E-state index is -0.411. The minimum absolute atomic E-state index is 0.218. The second-order valence-corrected chi connectivity index (χ2v) is 7.51. The highest BCUT2D eigenvalue weighted by atomic mass is 32.2. The molecule has 7 nitrogen and oxygen atoms in total. The molecule has 2 heterocycles. The van der Waals surface area contributed by atoms with Crippen LogP contribution in [0.2, 0.25) is 0 Å². The van der Waals surface area contributed by atoms with Crippen LogP contribution in [0.3, 0.4) is 0 Å². The van der Waals surface area contributed by atoms with Crippen molar-refractivity contribution < 1.29 is 9.18 Å². The van der Waals surface area contributed by atoms with Gasteiger partial charge in [0.1, 0.15) is 17.4 Å². The highest BCUT2D eigenvalue weighted by Crippen LogP contribution is 2.23. The van der Waals surface area contributed by atoms with Gasteiger partial charge in [-0.25, -0.2) is 23.3 Å². The molecule has 1 amide bonds. The largest absolute Gasteiger partial charge is 0.350 e. The summed E-state index contributed by atoms with van der Waals surface area (Å²) in [5.41, 5.74) is 1.89. The van der Waals surface area contributed by atoms with E-state index in [1.165, 1.54) is 34.5 Å². The number of benzene rings is 2. The lowest BCUT2D eigenvalue weighted by molar-refractivity contribution is -0.122. The van der Waals surface area contributed by atoms with Gasteiger partial charge in [-0.3, -0.25) is 4.79 Å². The van der Waals surface area contributed by atoms with Gasteiger partial charge in [0.15, 0.2) is 5.65 Å². The fraction of sp³-hybridized carbons (Fsp3) is 0.143. The monoisotopic (exact) mass is 423 g/mol. The molecule has 0 spiro atoms. The van der Waals surface area contributed by atoms with Crippen LogP contribution in [-0.2, 0) is 23.6 Å². The summed E-state index contributed by atoms with van der Waals surface area (Å²) in [5.74, 6) is -0.0145. The van der Waals surface area contributed by atoms with Crippen LogP contribution in [0.15, 0.2) is 76.8 Å². The number of fused-ring (bicyclic) bond motifs is 1. The van der Waals surface area contributed by atoms with Crippen molar-refractivity contribution >= 4 is 23.3 Å². The molecular weight excluding hydrogens is 405 g/mol. The molecule has 0 aliphatic carbocycles.